The maximum Gasteiger partial charge on any atom is 0.355 e. The number of rotatable bonds is 3. The van der Waals surface area contributed by atoms with Crippen molar-refractivity contribution in [1.82, 2.24) is 14.5 Å². The lowest BCUT2D eigenvalue weighted by Crippen LogP contribution is -2.33. The Bertz CT molecular complexity index is 2170. The minimum absolute atomic E-state index is 0.226. The van der Waals surface area contributed by atoms with Gasteiger partial charge in [-0.05, 0) is 51.6 Å². The maximum atomic E-state index is 13.8. The standard InChI is InChI=1S/C40H27N3O/c44-39-42-37(26-13-3-1-4-14-26)41-38(43(39)28-15-5-2-6-16-28)27-23-24-32-31-19-9-12-22-35(31)40(36(32)25-27)33-20-10-7-17-29(33)30-18-8-11-21-34(30)40/h1-25,31,35H. The van der Waals surface area contributed by atoms with Gasteiger partial charge in [0.1, 0.15) is 0 Å². The SMILES string of the molecule is O=c1nc(-c2ccccc2)nc(-c2ccc3c(c2)C2(c4ccccc4-c4ccccc42)C2C=CC=CC32)n1-c1ccccc1. The number of hydrogen-bond acceptors (Lipinski definition) is 3. The highest BCUT2D eigenvalue weighted by atomic mass is 16.1. The van der Waals surface area contributed by atoms with Gasteiger partial charge in [0, 0.05) is 23.0 Å². The molecular weight excluding hydrogens is 538 g/mol. The molecule has 2 unspecified atom stereocenters. The first-order valence-electron chi connectivity index (χ1n) is 15.1. The highest BCUT2D eigenvalue weighted by Crippen LogP contribution is 2.65. The van der Waals surface area contributed by atoms with E-state index in [4.69, 9.17) is 4.98 Å². The summed E-state index contributed by atoms with van der Waals surface area (Å²) in [6, 6.07) is 43.8. The zero-order valence-corrected chi connectivity index (χ0v) is 23.8. The molecule has 1 spiro atoms. The first kappa shape index (κ1) is 24.9. The first-order valence-corrected chi connectivity index (χ1v) is 15.1. The number of fused-ring (bicyclic) bond motifs is 10. The molecular formula is C40H27N3O. The van der Waals surface area contributed by atoms with Gasteiger partial charge >= 0.3 is 5.69 Å². The number of para-hydroxylation sites is 1. The molecule has 1 heterocycles. The van der Waals surface area contributed by atoms with E-state index in [1.807, 2.05) is 60.7 Å². The molecule has 5 aromatic carbocycles. The van der Waals surface area contributed by atoms with E-state index in [1.165, 1.54) is 33.4 Å². The minimum atomic E-state index is -0.363. The monoisotopic (exact) mass is 565 g/mol. The fourth-order valence-corrected chi connectivity index (χ4v) is 7.87. The Morgan fingerprint density at radius 2 is 1.23 bits per heavy atom. The smallest absolute Gasteiger partial charge is 0.245 e. The van der Waals surface area contributed by atoms with Crippen LogP contribution in [-0.4, -0.2) is 14.5 Å². The Morgan fingerprint density at radius 3 is 1.95 bits per heavy atom. The maximum absolute atomic E-state index is 13.8. The predicted octanol–water partition coefficient (Wildman–Crippen LogP) is 8.12. The van der Waals surface area contributed by atoms with Crippen LogP contribution in [0.2, 0.25) is 0 Å². The van der Waals surface area contributed by atoms with Crippen molar-refractivity contribution in [2.75, 3.05) is 0 Å². The molecule has 208 valence electrons. The number of aromatic nitrogens is 3. The molecule has 3 aliphatic rings. The van der Waals surface area contributed by atoms with Crippen LogP contribution < -0.4 is 5.69 Å². The summed E-state index contributed by atoms with van der Waals surface area (Å²) in [5.74, 6) is 1.46. The van der Waals surface area contributed by atoms with E-state index >= 15 is 0 Å². The Kier molecular flexibility index (Phi) is 5.36. The molecule has 6 aromatic rings. The lowest BCUT2D eigenvalue weighted by Gasteiger charge is -2.36. The zero-order chi connectivity index (χ0) is 29.3. The summed E-state index contributed by atoms with van der Waals surface area (Å²) in [5.41, 5.74) is 9.54. The third kappa shape index (κ3) is 3.36. The van der Waals surface area contributed by atoms with E-state index < -0.39 is 0 Å². The Hall–Kier alpha value is -5.61. The van der Waals surface area contributed by atoms with E-state index in [2.05, 4.69) is 96.0 Å². The van der Waals surface area contributed by atoms with Crippen molar-refractivity contribution >= 4 is 0 Å². The van der Waals surface area contributed by atoms with Crippen LogP contribution in [0, 0.1) is 5.92 Å². The van der Waals surface area contributed by atoms with Crippen LogP contribution in [0.5, 0.6) is 0 Å². The molecule has 0 saturated heterocycles. The molecule has 0 radical (unpaired) electrons. The Morgan fingerprint density at radius 1 is 0.591 bits per heavy atom. The molecule has 0 amide bonds. The van der Waals surface area contributed by atoms with Crippen molar-refractivity contribution in [2.24, 2.45) is 5.92 Å². The van der Waals surface area contributed by atoms with Gasteiger partial charge in [0.05, 0.1) is 11.1 Å². The van der Waals surface area contributed by atoms with Gasteiger partial charge in [0.25, 0.3) is 0 Å². The number of allylic oxidation sites excluding steroid dienone is 4. The van der Waals surface area contributed by atoms with E-state index in [9.17, 15) is 4.79 Å². The zero-order valence-electron chi connectivity index (χ0n) is 23.8. The molecule has 3 aliphatic carbocycles. The molecule has 0 fully saturated rings. The molecule has 0 N–H and O–H groups in total. The van der Waals surface area contributed by atoms with Crippen molar-refractivity contribution < 1.29 is 0 Å². The summed E-state index contributed by atoms with van der Waals surface area (Å²) < 4.78 is 1.64. The van der Waals surface area contributed by atoms with Crippen molar-refractivity contribution in [1.29, 1.82) is 0 Å². The largest absolute Gasteiger partial charge is 0.355 e. The average Bonchev–Trinajstić information content (AvgIpc) is 3.56. The summed E-state index contributed by atoms with van der Waals surface area (Å²) in [6.07, 6.45) is 9.11. The van der Waals surface area contributed by atoms with Gasteiger partial charge in [0.15, 0.2) is 11.6 Å². The Labute approximate surface area is 255 Å². The second-order valence-corrected chi connectivity index (χ2v) is 11.7. The normalized spacial score (nSPS) is 18.1. The fraction of sp³-hybridized carbons (Fsp3) is 0.0750. The molecule has 44 heavy (non-hydrogen) atoms. The van der Waals surface area contributed by atoms with Crippen LogP contribution in [0.3, 0.4) is 0 Å². The van der Waals surface area contributed by atoms with Crippen LogP contribution in [0.25, 0.3) is 39.6 Å². The summed E-state index contributed by atoms with van der Waals surface area (Å²) in [7, 11) is 0. The van der Waals surface area contributed by atoms with Crippen molar-refractivity contribution in [3.8, 4) is 39.6 Å². The fourth-order valence-electron chi connectivity index (χ4n) is 7.87. The number of benzene rings is 5. The van der Waals surface area contributed by atoms with Crippen LogP contribution in [0.1, 0.15) is 28.2 Å². The molecule has 1 aromatic heterocycles. The lowest BCUT2D eigenvalue weighted by molar-refractivity contribution is 0.465. The molecule has 0 aliphatic heterocycles. The second kappa shape index (κ2) is 9.45. The van der Waals surface area contributed by atoms with Crippen molar-refractivity contribution in [3.63, 3.8) is 0 Å². The molecule has 9 rings (SSSR count). The molecule has 4 heteroatoms. The van der Waals surface area contributed by atoms with Crippen LogP contribution in [0.4, 0.5) is 0 Å². The topological polar surface area (TPSA) is 47.8 Å². The van der Waals surface area contributed by atoms with Gasteiger partial charge in [0.2, 0.25) is 0 Å². The van der Waals surface area contributed by atoms with Gasteiger partial charge in [-0.15, -0.1) is 0 Å². The number of hydrogen-bond donors (Lipinski definition) is 0. The average molecular weight is 566 g/mol. The van der Waals surface area contributed by atoms with Crippen molar-refractivity contribution in [2.45, 2.75) is 11.3 Å². The van der Waals surface area contributed by atoms with E-state index in [0.717, 1.165) is 16.8 Å². The van der Waals surface area contributed by atoms with Crippen LogP contribution in [-0.2, 0) is 5.41 Å². The number of nitrogens with zero attached hydrogens (tertiary/aromatic N) is 3. The molecule has 0 bridgehead atoms. The lowest BCUT2D eigenvalue weighted by atomic mass is 9.65. The summed E-state index contributed by atoms with van der Waals surface area (Å²) in [4.78, 5) is 23.4. The quantitative estimate of drug-likeness (QED) is 0.218. The third-order valence-electron chi connectivity index (χ3n) is 9.59. The summed E-state index contributed by atoms with van der Waals surface area (Å²) in [6.45, 7) is 0. The van der Waals surface area contributed by atoms with Gasteiger partial charge in [-0.25, -0.2) is 14.3 Å². The van der Waals surface area contributed by atoms with Crippen molar-refractivity contribution in [3.05, 3.63) is 184 Å². The minimum Gasteiger partial charge on any atom is -0.245 e. The summed E-state index contributed by atoms with van der Waals surface area (Å²) in [5, 5.41) is 0. The van der Waals surface area contributed by atoms with Gasteiger partial charge in [-0.1, -0.05) is 133 Å². The van der Waals surface area contributed by atoms with Gasteiger partial charge < -0.3 is 0 Å². The highest BCUT2D eigenvalue weighted by molar-refractivity contribution is 5.86. The third-order valence-corrected chi connectivity index (χ3v) is 9.59. The van der Waals surface area contributed by atoms with Crippen LogP contribution in [0.15, 0.2) is 156 Å². The highest BCUT2D eigenvalue weighted by Gasteiger charge is 2.57. The van der Waals surface area contributed by atoms with E-state index in [0.29, 0.717) is 11.6 Å². The van der Waals surface area contributed by atoms with Gasteiger partial charge in [-0.3, -0.25) is 0 Å². The van der Waals surface area contributed by atoms with Gasteiger partial charge in [-0.2, -0.15) is 4.98 Å². The Balaban J connectivity index is 1.35. The second-order valence-electron chi connectivity index (χ2n) is 11.7. The summed E-state index contributed by atoms with van der Waals surface area (Å²) >= 11 is 0. The predicted molar refractivity (Wildman–Crippen MR) is 175 cm³/mol. The molecule has 2 atom stereocenters. The van der Waals surface area contributed by atoms with E-state index in [1.54, 1.807) is 4.57 Å². The van der Waals surface area contributed by atoms with E-state index in [-0.39, 0.29) is 22.9 Å². The van der Waals surface area contributed by atoms with Crippen LogP contribution >= 0.6 is 0 Å². The molecule has 4 nitrogen and oxygen atoms in total. The molecule has 0 saturated carbocycles. The first-order chi connectivity index (χ1) is 21.7.